The molecule has 1 saturated carbocycles. The summed E-state index contributed by atoms with van der Waals surface area (Å²) in [4.78, 5) is 4.22. The molecular formula is C11H18N2O3S2. The number of sulfonamides is 1. The van der Waals surface area contributed by atoms with Gasteiger partial charge in [-0.3, -0.25) is 0 Å². The standard InChI is InChI=1S/C11H18N2O3S2/c1-8(16-2)7-18(14,15)13-10(9-3-4-9)11-12-5-6-17-11/h5-6,8-10,13H,3-4,7H2,1-2H3/t8-,10-/m1/s1. The Kier molecular flexibility index (Phi) is 4.37. The van der Waals surface area contributed by atoms with Crippen LogP contribution in [0.2, 0.25) is 0 Å². The highest BCUT2D eigenvalue weighted by atomic mass is 32.2. The minimum atomic E-state index is -3.33. The fourth-order valence-electron chi connectivity index (χ4n) is 1.78. The number of hydrogen-bond acceptors (Lipinski definition) is 5. The summed E-state index contributed by atoms with van der Waals surface area (Å²) >= 11 is 1.50. The predicted octanol–water partition coefficient (Wildman–Crippen LogP) is 1.55. The Balaban J connectivity index is 2.05. The van der Waals surface area contributed by atoms with Crippen molar-refractivity contribution in [3.8, 4) is 0 Å². The molecule has 0 aromatic carbocycles. The number of methoxy groups -OCH3 is 1. The number of ether oxygens (including phenoxy) is 1. The molecule has 1 aromatic heterocycles. The maximum absolute atomic E-state index is 12.0. The molecule has 2 atom stereocenters. The van der Waals surface area contributed by atoms with Crippen LogP contribution in [0, 0.1) is 5.92 Å². The highest BCUT2D eigenvalue weighted by molar-refractivity contribution is 7.89. The number of hydrogen-bond donors (Lipinski definition) is 1. The van der Waals surface area contributed by atoms with Gasteiger partial charge in [0.2, 0.25) is 10.0 Å². The van der Waals surface area contributed by atoms with E-state index in [1.54, 1.807) is 13.1 Å². The third-order valence-electron chi connectivity index (χ3n) is 2.97. The van der Waals surface area contributed by atoms with Crippen molar-refractivity contribution in [3.05, 3.63) is 16.6 Å². The lowest BCUT2D eigenvalue weighted by Gasteiger charge is -2.17. The van der Waals surface area contributed by atoms with Gasteiger partial charge < -0.3 is 4.74 Å². The fourth-order valence-corrected chi connectivity index (χ4v) is 4.18. The van der Waals surface area contributed by atoms with Crippen molar-refractivity contribution in [2.24, 2.45) is 5.92 Å². The van der Waals surface area contributed by atoms with Crippen molar-refractivity contribution in [1.82, 2.24) is 9.71 Å². The van der Waals surface area contributed by atoms with E-state index in [0.29, 0.717) is 5.92 Å². The molecule has 0 amide bonds. The molecule has 1 aliphatic carbocycles. The Morgan fingerprint density at radius 2 is 2.33 bits per heavy atom. The summed E-state index contributed by atoms with van der Waals surface area (Å²) in [6.07, 6.45) is 3.53. The Morgan fingerprint density at radius 1 is 1.61 bits per heavy atom. The van der Waals surface area contributed by atoms with E-state index in [9.17, 15) is 8.42 Å². The molecule has 1 aromatic rings. The van der Waals surface area contributed by atoms with Gasteiger partial charge in [-0.1, -0.05) is 0 Å². The molecule has 2 rings (SSSR count). The van der Waals surface area contributed by atoms with E-state index in [2.05, 4.69) is 9.71 Å². The number of nitrogens with one attached hydrogen (secondary N) is 1. The molecule has 0 radical (unpaired) electrons. The first-order valence-electron chi connectivity index (χ1n) is 5.94. The number of nitrogens with zero attached hydrogens (tertiary/aromatic N) is 1. The van der Waals surface area contributed by atoms with Crippen LogP contribution in [-0.4, -0.2) is 32.4 Å². The van der Waals surface area contributed by atoms with Crippen LogP contribution in [0.15, 0.2) is 11.6 Å². The molecule has 5 nitrogen and oxygen atoms in total. The number of rotatable bonds is 7. The van der Waals surface area contributed by atoms with Crippen LogP contribution < -0.4 is 4.72 Å². The quantitative estimate of drug-likeness (QED) is 0.827. The number of thiazole rings is 1. The lowest BCUT2D eigenvalue weighted by Crippen LogP contribution is -2.35. The second-order valence-corrected chi connectivity index (χ2v) is 7.36. The zero-order valence-electron chi connectivity index (χ0n) is 10.5. The van der Waals surface area contributed by atoms with Gasteiger partial charge in [0, 0.05) is 18.7 Å². The molecule has 0 unspecified atom stereocenters. The normalized spacial score (nSPS) is 19.7. The van der Waals surface area contributed by atoms with Crippen LogP contribution in [0.3, 0.4) is 0 Å². The van der Waals surface area contributed by atoms with Gasteiger partial charge in [-0.25, -0.2) is 18.1 Å². The van der Waals surface area contributed by atoms with Crippen LogP contribution in [0.1, 0.15) is 30.8 Å². The van der Waals surface area contributed by atoms with Crippen LogP contribution in [0.5, 0.6) is 0 Å². The molecule has 102 valence electrons. The summed E-state index contributed by atoms with van der Waals surface area (Å²) < 4.78 is 31.8. The van der Waals surface area contributed by atoms with E-state index in [4.69, 9.17) is 4.74 Å². The lowest BCUT2D eigenvalue weighted by atomic mass is 10.2. The second kappa shape index (κ2) is 5.64. The molecule has 0 spiro atoms. The Bertz CT molecular complexity index is 468. The average Bonchev–Trinajstić information content (AvgIpc) is 3.00. The van der Waals surface area contributed by atoms with Crippen LogP contribution >= 0.6 is 11.3 Å². The summed E-state index contributed by atoms with van der Waals surface area (Å²) in [5.74, 6) is 0.377. The van der Waals surface area contributed by atoms with Crippen molar-refractivity contribution in [2.45, 2.75) is 31.9 Å². The SMILES string of the molecule is CO[C@H](C)CS(=O)(=O)N[C@@H](c1nccs1)C1CC1. The zero-order chi connectivity index (χ0) is 13.2. The maximum atomic E-state index is 12.0. The van der Waals surface area contributed by atoms with Gasteiger partial charge in [0.05, 0.1) is 17.9 Å². The molecule has 1 fully saturated rings. The van der Waals surface area contributed by atoms with Crippen molar-refractivity contribution >= 4 is 21.4 Å². The summed E-state index contributed by atoms with van der Waals surface area (Å²) in [6.45, 7) is 1.74. The van der Waals surface area contributed by atoms with Gasteiger partial charge in [0.25, 0.3) is 0 Å². The summed E-state index contributed by atoms with van der Waals surface area (Å²) in [5.41, 5.74) is 0. The molecule has 0 saturated heterocycles. The molecule has 1 heterocycles. The summed E-state index contributed by atoms with van der Waals surface area (Å²) in [5, 5.41) is 2.72. The predicted molar refractivity (Wildman–Crippen MR) is 71.0 cm³/mol. The van der Waals surface area contributed by atoms with Gasteiger partial charge in [-0.15, -0.1) is 11.3 Å². The monoisotopic (exact) mass is 290 g/mol. The van der Waals surface area contributed by atoms with E-state index in [1.165, 1.54) is 18.4 Å². The maximum Gasteiger partial charge on any atom is 0.214 e. The van der Waals surface area contributed by atoms with E-state index < -0.39 is 10.0 Å². The van der Waals surface area contributed by atoms with Gasteiger partial charge in [-0.2, -0.15) is 0 Å². The van der Waals surface area contributed by atoms with Crippen molar-refractivity contribution < 1.29 is 13.2 Å². The highest BCUT2D eigenvalue weighted by Gasteiger charge is 2.36. The van der Waals surface area contributed by atoms with Gasteiger partial charge in [0.15, 0.2) is 0 Å². The van der Waals surface area contributed by atoms with Crippen LogP contribution in [-0.2, 0) is 14.8 Å². The summed E-state index contributed by atoms with van der Waals surface area (Å²) in [7, 11) is -1.82. The molecule has 18 heavy (non-hydrogen) atoms. The highest BCUT2D eigenvalue weighted by Crippen LogP contribution is 2.41. The minimum absolute atomic E-state index is 0.0158. The van der Waals surface area contributed by atoms with E-state index >= 15 is 0 Å². The molecule has 7 heteroatoms. The summed E-state index contributed by atoms with van der Waals surface area (Å²) in [6, 6.07) is -0.168. The molecule has 0 aliphatic heterocycles. The molecule has 0 bridgehead atoms. The third-order valence-corrected chi connectivity index (χ3v) is 5.35. The van der Waals surface area contributed by atoms with Crippen LogP contribution in [0.4, 0.5) is 0 Å². The largest absolute Gasteiger partial charge is 0.381 e. The molecular weight excluding hydrogens is 272 g/mol. The van der Waals surface area contributed by atoms with E-state index in [-0.39, 0.29) is 17.9 Å². The first kappa shape index (κ1) is 13.9. The first-order valence-corrected chi connectivity index (χ1v) is 8.47. The van der Waals surface area contributed by atoms with Gasteiger partial charge in [-0.05, 0) is 25.7 Å². The van der Waals surface area contributed by atoms with Crippen molar-refractivity contribution in [1.29, 1.82) is 0 Å². The van der Waals surface area contributed by atoms with Crippen molar-refractivity contribution in [2.75, 3.05) is 12.9 Å². The first-order chi connectivity index (χ1) is 8.52. The van der Waals surface area contributed by atoms with Gasteiger partial charge in [0.1, 0.15) is 5.01 Å². The molecule has 1 N–H and O–H groups in total. The topological polar surface area (TPSA) is 68.3 Å². The Morgan fingerprint density at radius 3 is 2.83 bits per heavy atom. The average molecular weight is 290 g/mol. The van der Waals surface area contributed by atoms with Crippen molar-refractivity contribution in [3.63, 3.8) is 0 Å². The lowest BCUT2D eigenvalue weighted by molar-refractivity contribution is 0.136. The fraction of sp³-hybridized carbons (Fsp3) is 0.727. The third kappa shape index (κ3) is 3.74. The van der Waals surface area contributed by atoms with E-state index in [0.717, 1.165) is 17.8 Å². The minimum Gasteiger partial charge on any atom is -0.381 e. The zero-order valence-corrected chi connectivity index (χ0v) is 12.1. The molecule has 1 aliphatic rings. The Hall–Kier alpha value is -0.500. The number of aromatic nitrogens is 1. The second-order valence-electron chi connectivity index (χ2n) is 4.63. The van der Waals surface area contributed by atoms with Gasteiger partial charge >= 0.3 is 0 Å². The smallest absolute Gasteiger partial charge is 0.214 e. The Labute approximate surface area is 112 Å². The van der Waals surface area contributed by atoms with Crippen LogP contribution in [0.25, 0.3) is 0 Å². The van der Waals surface area contributed by atoms with E-state index in [1.807, 2.05) is 5.38 Å².